The number of hydrogen-bond acceptors (Lipinski definition) is 0. The summed E-state index contributed by atoms with van der Waals surface area (Å²) >= 11 is 0. The third kappa shape index (κ3) is 74.3. The van der Waals surface area contributed by atoms with Crippen molar-refractivity contribution in [2.45, 2.75) is 0 Å². The molecule has 0 bridgehead atoms. The van der Waals surface area contributed by atoms with Crippen LogP contribution in [0.3, 0.4) is 0 Å². The molecule has 0 amide bonds. The summed E-state index contributed by atoms with van der Waals surface area (Å²) in [5.41, 5.74) is 0. The summed E-state index contributed by atoms with van der Waals surface area (Å²) < 4.78 is 0. The number of hydrogen-bond donors (Lipinski definition) is 0. The van der Waals surface area contributed by atoms with Crippen molar-refractivity contribution in [1.29, 1.82) is 0 Å². The molecule has 0 aromatic rings. The van der Waals surface area contributed by atoms with E-state index in [4.69, 9.17) is 0 Å². The predicted octanol–water partition coefficient (Wildman–Crippen LogP) is -0.861. The van der Waals surface area contributed by atoms with E-state index in [1.807, 2.05) is 0 Å². The zero-order chi connectivity index (χ0) is 0. The van der Waals surface area contributed by atoms with Gasteiger partial charge < -0.3 is 21.9 Å². The molecule has 0 aliphatic heterocycles. The largest absolute Gasteiger partial charge is 4.00 e. The van der Waals surface area contributed by atoms with Crippen LogP contribution in [-0.4, -0.2) is 23.1 Å². The molecule has 0 N–H and O–H groups in total. The van der Waals surface area contributed by atoms with Crippen molar-refractivity contribution in [3.63, 3.8) is 0 Å². The predicted molar refractivity (Wildman–Crippen MR) is 8.50 cm³/mol. The standard InChI is InChI=1S/Mg.4O.Ti.Zn/q+2;4*-2;+4;+2. The van der Waals surface area contributed by atoms with E-state index in [0.717, 1.165) is 0 Å². The van der Waals surface area contributed by atoms with Gasteiger partial charge >= 0.3 is 64.2 Å². The molecule has 0 atom stereocenters. The van der Waals surface area contributed by atoms with Gasteiger partial charge in [-0.2, -0.15) is 0 Å². The minimum absolute atomic E-state index is 0. The first-order chi connectivity index (χ1) is 0. The molecule has 0 spiro atoms. The van der Waals surface area contributed by atoms with E-state index in [0.29, 0.717) is 0 Å². The smallest absolute Gasteiger partial charge is 2.00 e. The second kappa shape index (κ2) is 101. The Kier molecular flexibility index (Phi) is 2160. The van der Waals surface area contributed by atoms with Crippen LogP contribution in [0.4, 0.5) is 0 Å². The van der Waals surface area contributed by atoms with Gasteiger partial charge in [0.1, 0.15) is 0 Å². The SMILES string of the molecule is [Mg+2].[O-2].[O-2].[O-2].[O-2].[Ti+4].[Zn+2]. The third-order valence-electron chi connectivity index (χ3n) is 0. The molecule has 7 heteroatoms. The molecule has 0 saturated carbocycles. The van der Waals surface area contributed by atoms with Crippen LogP contribution in [0.25, 0.3) is 0 Å². The average Bonchev–Trinajstić information content (AvgIpc) is 0. The third-order valence-corrected chi connectivity index (χ3v) is 0. The summed E-state index contributed by atoms with van der Waals surface area (Å²) in [5.74, 6) is 0. The van der Waals surface area contributed by atoms with Gasteiger partial charge in [0.15, 0.2) is 0 Å². The van der Waals surface area contributed by atoms with Crippen LogP contribution in [0, 0.1) is 0 Å². The van der Waals surface area contributed by atoms with Crippen molar-refractivity contribution < 1.29 is 63.1 Å². The molecule has 0 rings (SSSR count). The first-order valence-corrected chi connectivity index (χ1v) is 0. The molecule has 0 aromatic heterocycles. The van der Waals surface area contributed by atoms with Crippen molar-refractivity contribution >= 4 is 23.1 Å². The molecular weight excluding hydrogens is 202 g/mol. The maximum Gasteiger partial charge on any atom is 4.00 e. The molecule has 0 saturated heterocycles. The second-order valence-corrected chi connectivity index (χ2v) is 0. The van der Waals surface area contributed by atoms with Gasteiger partial charge in [-0.25, -0.2) is 0 Å². The summed E-state index contributed by atoms with van der Waals surface area (Å²) in [5, 5.41) is 0. The Labute approximate surface area is 85.5 Å². The molecule has 0 heterocycles. The van der Waals surface area contributed by atoms with Gasteiger partial charge in [-0.05, 0) is 0 Å². The normalized spacial score (nSPS) is 0. The summed E-state index contributed by atoms with van der Waals surface area (Å²) in [7, 11) is 0. The van der Waals surface area contributed by atoms with Crippen LogP contribution in [0.1, 0.15) is 0 Å². The molecular formula is MgO4TiZn. The van der Waals surface area contributed by atoms with E-state index < -0.39 is 0 Å². The van der Waals surface area contributed by atoms with E-state index in [-0.39, 0.29) is 86.2 Å². The molecule has 0 radical (unpaired) electrons. The summed E-state index contributed by atoms with van der Waals surface area (Å²) in [4.78, 5) is 0. The topological polar surface area (TPSA) is 114 Å². The van der Waals surface area contributed by atoms with Crippen LogP contribution in [0.15, 0.2) is 0 Å². The average molecular weight is 202 g/mol. The fourth-order valence-electron chi connectivity index (χ4n) is 0. The van der Waals surface area contributed by atoms with E-state index in [9.17, 15) is 0 Å². The quantitative estimate of drug-likeness (QED) is 0.454. The van der Waals surface area contributed by atoms with Crippen LogP contribution >= 0.6 is 0 Å². The zero-order valence-corrected chi connectivity index (χ0v) is 9.49. The van der Waals surface area contributed by atoms with E-state index in [1.165, 1.54) is 0 Å². The Bertz CT molecular complexity index is 11.7. The van der Waals surface area contributed by atoms with Gasteiger partial charge in [0.2, 0.25) is 0 Å². The zero-order valence-electron chi connectivity index (χ0n) is 3.55. The van der Waals surface area contributed by atoms with E-state index in [2.05, 4.69) is 0 Å². The van der Waals surface area contributed by atoms with E-state index >= 15 is 0 Å². The van der Waals surface area contributed by atoms with Crippen LogP contribution in [-0.2, 0) is 63.1 Å². The van der Waals surface area contributed by atoms with Gasteiger partial charge in [0.25, 0.3) is 0 Å². The first kappa shape index (κ1) is 149. The van der Waals surface area contributed by atoms with Crippen LogP contribution in [0.5, 0.6) is 0 Å². The summed E-state index contributed by atoms with van der Waals surface area (Å²) in [6.07, 6.45) is 0. The Hall–Kier alpha value is 1.94. The first-order valence-electron chi connectivity index (χ1n) is 0. The molecule has 0 unspecified atom stereocenters. The fourth-order valence-corrected chi connectivity index (χ4v) is 0. The maximum absolute atomic E-state index is 0. The Morgan fingerprint density at radius 3 is 0.571 bits per heavy atom. The molecule has 4 nitrogen and oxygen atoms in total. The van der Waals surface area contributed by atoms with Crippen molar-refractivity contribution in [3.05, 3.63) is 0 Å². The molecule has 0 fully saturated rings. The summed E-state index contributed by atoms with van der Waals surface area (Å²) in [6.45, 7) is 0. The number of rotatable bonds is 0. The van der Waals surface area contributed by atoms with Crippen LogP contribution < -0.4 is 0 Å². The van der Waals surface area contributed by atoms with Crippen LogP contribution in [0.2, 0.25) is 0 Å². The fraction of sp³-hybridized carbons (Fsp3) is 0. The molecule has 0 aliphatic carbocycles. The minimum atomic E-state index is 0. The van der Waals surface area contributed by atoms with Gasteiger partial charge in [0, 0.05) is 0 Å². The molecule has 7 heavy (non-hydrogen) atoms. The monoisotopic (exact) mass is 200 g/mol. The van der Waals surface area contributed by atoms with Gasteiger partial charge in [-0.3, -0.25) is 0 Å². The van der Waals surface area contributed by atoms with Gasteiger partial charge in [-0.1, -0.05) is 0 Å². The molecule has 32 valence electrons. The minimum Gasteiger partial charge on any atom is -2.00 e. The maximum atomic E-state index is 0. The van der Waals surface area contributed by atoms with Crippen molar-refractivity contribution in [3.8, 4) is 0 Å². The summed E-state index contributed by atoms with van der Waals surface area (Å²) in [6, 6.07) is 0. The Morgan fingerprint density at radius 2 is 0.571 bits per heavy atom. The molecule has 0 aliphatic rings. The van der Waals surface area contributed by atoms with Crippen molar-refractivity contribution in [1.82, 2.24) is 0 Å². The molecule has 0 aromatic carbocycles. The van der Waals surface area contributed by atoms with Gasteiger partial charge in [-0.15, -0.1) is 0 Å². The Balaban J connectivity index is 0. The van der Waals surface area contributed by atoms with Gasteiger partial charge in [0.05, 0.1) is 0 Å². The van der Waals surface area contributed by atoms with Crippen molar-refractivity contribution in [2.24, 2.45) is 0 Å². The Morgan fingerprint density at radius 1 is 0.571 bits per heavy atom. The van der Waals surface area contributed by atoms with Crippen molar-refractivity contribution in [2.75, 3.05) is 0 Å². The second-order valence-electron chi connectivity index (χ2n) is 0. The van der Waals surface area contributed by atoms with E-state index in [1.54, 1.807) is 0 Å².